The summed E-state index contributed by atoms with van der Waals surface area (Å²) in [5.41, 5.74) is 1.98. The second kappa shape index (κ2) is 11.5. The van der Waals surface area contributed by atoms with Crippen molar-refractivity contribution in [3.05, 3.63) is 41.3 Å². The lowest BCUT2D eigenvalue weighted by Crippen LogP contribution is -2.37. The lowest BCUT2D eigenvalue weighted by Gasteiger charge is -2.24. The molecule has 1 aromatic carbocycles. The summed E-state index contributed by atoms with van der Waals surface area (Å²) in [6.07, 6.45) is 0.579. The van der Waals surface area contributed by atoms with Crippen LogP contribution in [0.25, 0.3) is 0 Å². The number of aromatic nitrogens is 1. The van der Waals surface area contributed by atoms with E-state index in [0.29, 0.717) is 24.6 Å². The smallest absolute Gasteiger partial charge is 0.161 e. The summed E-state index contributed by atoms with van der Waals surface area (Å²) >= 11 is 0. The normalized spacial score (nSPS) is 17.0. The lowest BCUT2D eigenvalue weighted by atomic mass is 10.2. The van der Waals surface area contributed by atoms with Crippen LogP contribution in [0.2, 0.25) is 0 Å². The Kier molecular flexibility index (Phi) is 8.71. The monoisotopic (exact) mass is 432 g/mol. The molecular weight excluding hydrogens is 396 g/mol. The Morgan fingerprint density at radius 2 is 2.00 bits per heavy atom. The third-order valence-electron chi connectivity index (χ3n) is 5.50. The molecule has 172 valence electrons. The van der Waals surface area contributed by atoms with Gasteiger partial charge in [-0.25, -0.2) is 0 Å². The number of ether oxygens (including phenoxy) is 2. The van der Waals surface area contributed by atoms with Gasteiger partial charge in [-0.05, 0) is 58.2 Å². The summed E-state index contributed by atoms with van der Waals surface area (Å²) in [6.45, 7) is 8.30. The van der Waals surface area contributed by atoms with Crippen LogP contribution in [0.3, 0.4) is 0 Å². The van der Waals surface area contributed by atoms with Gasteiger partial charge in [0.05, 0.1) is 19.3 Å². The highest BCUT2D eigenvalue weighted by Crippen LogP contribution is 2.29. The lowest BCUT2D eigenvalue weighted by molar-refractivity contribution is 0.0685. The number of aliphatic hydroxyl groups is 1. The van der Waals surface area contributed by atoms with Crippen molar-refractivity contribution in [3.63, 3.8) is 0 Å². The highest BCUT2D eigenvalue weighted by molar-refractivity contribution is 5.43. The zero-order chi connectivity index (χ0) is 22.2. The molecule has 1 aromatic heterocycles. The summed E-state index contributed by atoms with van der Waals surface area (Å²) in [7, 11) is 5.81. The van der Waals surface area contributed by atoms with Crippen LogP contribution in [-0.2, 0) is 13.1 Å². The van der Waals surface area contributed by atoms with E-state index in [-0.39, 0.29) is 6.61 Å². The van der Waals surface area contributed by atoms with E-state index in [2.05, 4.69) is 26.9 Å². The number of benzene rings is 1. The summed E-state index contributed by atoms with van der Waals surface area (Å²) in [6, 6.07) is 7.86. The molecule has 2 aromatic rings. The molecule has 8 nitrogen and oxygen atoms in total. The van der Waals surface area contributed by atoms with Crippen molar-refractivity contribution >= 4 is 0 Å². The maximum Gasteiger partial charge on any atom is 0.161 e. The highest BCUT2D eigenvalue weighted by Gasteiger charge is 2.17. The first-order valence-corrected chi connectivity index (χ1v) is 10.9. The van der Waals surface area contributed by atoms with Crippen molar-refractivity contribution in [3.8, 4) is 11.5 Å². The van der Waals surface area contributed by atoms with Gasteiger partial charge in [0.25, 0.3) is 0 Å². The Morgan fingerprint density at radius 3 is 2.74 bits per heavy atom. The van der Waals surface area contributed by atoms with E-state index in [1.54, 1.807) is 7.11 Å². The fourth-order valence-corrected chi connectivity index (χ4v) is 3.88. The van der Waals surface area contributed by atoms with Crippen molar-refractivity contribution in [2.45, 2.75) is 32.5 Å². The average molecular weight is 433 g/mol. The number of nitrogens with zero attached hydrogens (tertiary/aromatic N) is 4. The van der Waals surface area contributed by atoms with E-state index in [1.165, 1.54) is 0 Å². The molecule has 1 unspecified atom stereocenters. The number of rotatable bonds is 10. The molecule has 0 amide bonds. The van der Waals surface area contributed by atoms with Gasteiger partial charge in [-0.15, -0.1) is 0 Å². The van der Waals surface area contributed by atoms with E-state index in [0.717, 1.165) is 56.2 Å². The Morgan fingerprint density at radius 1 is 1.16 bits per heavy atom. The molecule has 2 heterocycles. The molecule has 0 aliphatic carbocycles. The SMILES string of the molecule is COc1ccc(CN(C)Cc2cc(C)no2)cc1OCC(O)CN1CCCN(C)CC1. The number of aryl methyl sites for hydroxylation is 1. The predicted molar refractivity (Wildman–Crippen MR) is 119 cm³/mol. The zero-order valence-corrected chi connectivity index (χ0v) is 19.2. The minimum Gasteiger partial charge on any atom is -0.493 e. The number of methoxy groups -OCH3 is 1. The van der Waals surface area contributed by atoms with E-state index in [4.69, 9.17) is 14.0 Å². The number of hydrogen-bond acceptors (Lipinski definition) is 8. The van der Waals surface area contributed by atoms with E-state index in [9.17, 15) is 5.11 Å². The first kappa shape index (κ1) is 23.5. The third kappa shape index (κ3) is 7.50. The first-order valence-electron chi connectivity index (χ1n) is 10.9. The maximum atomic E-state index is 10.5. The van der Waals surface area contributed by atoms with Crippen molar-refractivity contribution in [2.75, 3.05) is 60.5 Å². The minimum absolute atomic E-state index is 0.235. The van der Waals surface area contributed by atoms with Crippen molar-refractivity contribution in [1.29, 1.82) is 0 Å². The topological polar surface area (TPSA) is 74.4 Å². The number of hydrogen-bond donors (Lipinski definition) is 1. The van der Waals surface area contributed by atoms with Crippen LogP contribution in [-0.4, -0.2) is 91.6 Å². The molecule has 31 heavy (non-hydrogen) atoms. The molecule has 0 spiro atoms. The van der Waals surface area contributed by atoms with Crippen LogP contribution in [0.1, 0.15) is 23.4 Å². The molecule has 1 fully saturated rings. The molecule has 1 aliphatic heterocycles. The van der Waals surface area contributed by atoms with Crippen LogP contribution in [0.4, 0.5) is 0 Å². The molecule has 0 radical (unpaired) electrons. The Bertz CT molecular complexity index is 813. The minimum atomic E-state index is -0.547. The molecular formula is C23H36N4O4. The van der Waals surface area contributed by atoms with Gasteiger partial charge < -0.3 is 24.0 Å². The van der Waals surface area contributed by atoms with Gasteiger partial charge in [-0.3, -0.25) is 9.80 Å². The second-order valence-corrected chi connectivity index (χ2v) is 8.51. The van der Waals surface area contributed by atoms with Crippen LogP contribution in [0.15, 0.2) is 28.8 Å². The molecule has 1 aliphatic rings. The molecule has 1 atom stereocenters. The van der Waals surface area contributed by atoms with Crippen molar-refractivity contribution in [2.24, 2.45) is 0 Å². The van der Waals surface area contributed by atoms with E-state index >= 15 is 0 Å². The van der Waals surface area contributed by atoms with Gasteiger partial charge in [-0.1, -0.05) is 11.2 Å². The van der Waals surface area contributed by atoms with Crippen LogP contribution >= 0.6 is 0 Å². The zero-order valence-electron chi connectivity index (χ0n) is 19.2. The van der Waals surface area contributed by atoms with E-state index < -0.39 is 6.10 Å². The quantitative estimate of drug-likeness (QED) is 0.611. The van der Waals surface area contributed by atoms with Gasteiger partial charge in [0, 0.05) is 32.2 Å². The molecule has 1 saturated heterocycles. The first-order chi connectivity index (χ1) is 14.9. The van der Waals surface area contributed by atoms with Crippen LogP contribution in [0.5, 0.6) is 11.5 Å². The van der Waals surface area contributed by atoms with Gasteiger partial charge in [0.1, 0.15) is 12.7 Å². The number of aliphatic hydroxyl groups excluding tert-OH is 1. The fraction of sp³-hybridized carbons (Fsp3) is 0.609. The van der Waals surface area contributed by atoms with Gasteiger partial charge in [-0.2, -0.15) is 0 Å². The molecule has 8 heteroatoms. The van der Waals surface area contributed by atoms with Gasteiger partial charge in [0.2, 0.25) is 0 Å². The average Bonchev–Trinajstić information content (AvgIpc) is 3.03. The maximum absolute atomic E-state index is 10.5. The summed E-state index contributed by atoms with van der Waals surface area (Å²) < 4.78 is 16.7. The fourth-order valence-electron chi connectivity index (χ4n) is 3.88. The summed E-state index contributed by atoms with van der Waals surface area (Å²) in [5, 5.41) is 14.5. The van der Waals surface area contributed by atoms with E-state index in [1.807, 2.05) is 38.2 Å². The summed E-state index contributed by atoms with van der Waals surface area (Å²) in [5.74, 6) is 2.16. The van der Waals surface area contributed by atoms with Crippen molar-refractivity contribution in [1.82, 2.24) is 19.9 Å². The Balaban J connectivity index is 1.53. The standard InChI is InChI=1S/C23H36N4O4/c1-18-12-21(31-24-18)16-26(3)14-19-6-7-22(29-4)23(13-19)30-17-20(28)15-27-9-5-8-25(2)10-11-27/h6-7,12-13,20,28H,5,8-11,14-17H2,1-4H3. The molecule has 0 bridgehead atoms. The van der Waals surface area contributed by atoms with Gasteiger partial charge >= 0.3 is 0 Å². The molecule has 1 N–H and O–H groups in total. The predicted octanol–water partition coefficient (Wildman–Crippen LogP) is 2.00. The number of likely N-dealkylation sites (N-methyl/N-ethyl adjacent to an activating group) is 1. The Hall–Kier alpha value is -2.13. The highest BCUT2D eigenvalue weighted by atomic mass is 16.5. The number of β-amino-alcohol motifs (C(OH)–C–C–N with tert-alkyl or cyclic N) is 1. The van der Waals surface area contributed by atoms with Crippen LogP contribution < -0.4 is 9.47 Å². The molecule has 0 saturated carbocycles. The largest absolute Gasteiger partial charge is 0.493 e. The second-order valence-electron chi connectivity index (χ2n) is 8.51. The molecule has 3 rings (SSSR count). The van der Waals surface area contributed by atoms with Crippen LogP contribution in [0, 0.1) is 6.92 Å². The van der Waals surface area contributed by atoms with Gasteiger partial charge in [0.15, 0.2) is 17.3 Å². The van der Waals surface area contributed by atoms with Crippen molar-refractivity contribution < 1.29 is 19.1 Å². The Labute approximate surface area is 185 Å². The third-order valence-corrected chi connectivity index (χ3v) is 5.50. The summed E-state index contributed by atoms with van der Waals surface area (Å²) in [4.78, 5) is 6.79.